The van der Waals surface area contributed by atoms with Gasteiger partial charge in [0.05, 0.1) is 10.2 Å². The molecule has 0 fully saturated rings. The van der Waals surface area contributed by atoms with Crippen molar-refractivity contribution in [1.29, 1.82) is 0 Å². The molecule has 0 bridgehead atoms. The van der Waals surface area contributed by atoms with Gasteiger partial charge in [0.25, 0.3) is 0 Å². The lowest BCUT2D eigenvalue weighted by molar-refractivity contribution is 0.868. The summed E-state index contributed by atoms with van der Waals surface area (Å²) in [4.78, 5) is 4.61. The maximum Gasteiger partial charge on any atom is 0.151 e. The molecule has 0 spiro atoms. The number of fused-ring (bicyclic) bond motifs is 3. The predicted octanol–water partition coefficient (Wildman–Crippen LogP) is 2.59. The first-order chi connectivity index (χ1) is 6.36. The van der Waals surface area contributed by atoms with E-state index in [4.69, 9.17) is 0 Å². The summed E-state index contributed by atoms with van der Waals surface area (Å²) < 4.78 is 3.29. The Kier molecular flexibility index (Phi) is 1.50. The van der Waals surface area contributed by atoms with Crippen LogP contribution in [0.25, 0.3) is 5.65 Å². The number of nitrogens with zero attached hydrogens (tertiary/aromatic N) is 2. The van der Waals surface area contributed by atoms with E-state index in [9.17, 15) is 0 Å². The van der Waals surface area contributed by atoms with E-state index in [0.29, 0.717) is 0 Å². The summed E-state index contributed by atoms with van der Waals surface area (Å²) in [6.45, 7) is 0. The number of rotatable bonds is 0. The van der Waals surface area contributed by atoms with Gasteiger partial charge < -0.3 is 4.40 Å². The van der Waals surface area contributed by atoms with Crippen molar-refractivity contribution >= 4 is 21.6 Å². The van der Waals surface area contributed by atoms with Crippen LogP contribution in [0.15, 0.2) is 22.8 Å². The molecule has 0 aromatic carbocycles. The third-order valence-electron chi connectivity index (χ3n) is 2.61. The summed E-state index contributed by atoms with van der Waals surface area (Å²) in [5.74, 6) is 0. The maximum atomic E-state index is 4.61. The Hall–Kier alpha value is -0.830. The molecule has 2 nitrogen and oxygen atoms in total. The molecule has 1 aliphatic rings. The molecular weight excluding hydrogens is 228 g/mol. The lowest BCUT2D eigenvalue weighted by atomic mass is 10.3. The first-order valence-electron chi connectivity index (χ1n) is 4.50. The minimum absolute atomic E-state index is 1.06. The molecule has 13 heavy (non-hydrogen) atoms. The van der Waals surface area contributed by atoms with Crippen LogP contribution in [-0.4, -0.2) is 9.38 Å². The van der Waals surface area contributed by atoms with Crippen LogP contribution in [0.5, 0.6) is 0 Å². The van der Waals surface area contributed by atoms with Crippen molar-refractivity contribution in [2.24, 2.45) is 0 Å². The number of imidazole rings is 1. The molecule has 3 rings (SSSR count). The second-order valence-electron chi connectivity index (χ2n) is 3.41. The highest BCUT2D eigenvalue weighted by atomic mass is 79.9. The van der Waals surface area contributed by atoms with Gasteiger partial charge >= 0.3 is 0 Å². The first kappa shape index (κ1) is 7.56. The highest BCUT2D eigenvalue weighted by Crippen LogP contribution is 2.26. The average Bonchev–Trinajstić information content (AvgIpc) is 2.65. The van der Waals surface area contributed by atoms with Crippen LogP contribution in [0.3, 0.4) is 0 Å². The van der Waals surface area contributed by atoms with E-state index in [2.05, 4.69) is 37.6 Å². The van der Waals surface area contributed by atoms with Crippen molar-refractivity contribution in [3.63, 3.8) is 0 Å². The van der Waals surface area contributed by atoms with E-state index in [1.165, 1.54) is 24.2 Å². The Bertz CT molecular complexity index is 473. The van der Waals surface area contributed by atoms with E-state index >= 15 is 0 Å². The quantitative estimate of drug-likeness (QED) is 0.688. The van der Waals surface area contributed by atoms with Crippen molar-refractivity contribution < 1.29 is 0 Å². The topological polar surface area (TPSA) is 17.3 Å². The van der Waals surface area contributed by atoms with E-state index < -0.39 is 0 Å². The summed E-state index contributed by atoms with van der Waals surface area (Å²) >= 11 is 3.51. The van der Waals surface area contributed by atoms with Crippen molar-refractivity contribution in [3.8, 4) is 0 Å². The van der Waals surface area contributed by atoms with Crippen LogP contribution in [0.2, 0.25) is 0 Å². The fourth-order valence-electron chi connectivity index (χ4n) is 2.02. The molecule has 2 aromatic heterocycles. The molecule has 0 unspecified atom stereocenters. The van der Waals surface area contributed by atoms with Crippen molar-refractivity contribution in [3.05, 3.63) is 34.2 Å². The van der Waals surface area contributed by atoms with Gasteiger partial charge in [-0.2, -0.15) is 0 Å². The smallest absolute Gasteiger partial charge is 0.151 e. The molecule has 2 aromatic rings. The second-order valence-corrected chi connectivity index (χ2v) is 4.26. The van der Waals surface area contributed by atoms with Crippen LogP contribution >= 0.6 is 15.9 Å². The standard InChI is InChI=1S/C10H9BrN2/c11-7-3-2-6-13-9-5-1-4-8(9)12-10(7)13/h2-3,6H,1,4-5H2. The van der Waals surface area contributed by atoms with Crippen LogP contribution in [0, 0.1) is 0 Å². The average molecular weight is 237 g/mol. The number of pyridine rings is 1. The minimum atomic E-state index is 1.06. The van der Waals surface area contributed by atoms with Crippen molar-refractivity contribution in [2.45, 2.75) is 19.3 Å². The Morgan fingerprint density at radius 2 is 2.31 bits per heavy atom. The molecular formula is C10H9BrN2. The summed E-state index contributed by atoms with van der Waals surface area (Å²) in [5, 5.41) is 0. The highest BCUT2D eigenvalue weighted by molar-refractivity contribution is 9.10. The van der Waals surface area contributed by atoms with Gasteiger partial charge in [-0.1, -0.05) is 0 Å². The third kappa shape index (κ3) is 0.967. The maximum absolute atomic E-state index is 4.61. The highest BCUT2D eigenvalue weighted by Gasteiger charge is 2.17. The molecule has 2 heterocycles. The minimum Gasteiger partial charge on any atom is -0.303 e. The zero-order valence-electron chi connectivity index (χ0n) is 7.13. The van der Waals surface area contributed by atoms with Gasteiger partial charge in [0.1, 0.15) is 0 Å². The van der Waals surface area contributed by atoms with Crippen LogP contribution in [0.4, 0.5) is 0 Å². The lowest BCUT2D eigenvalue weighted by Gasteiger charge is -1.98. The number of hydrogen-bond donors (Lipinski definition) is 0. The van der Waals surface area contributed by atoms with Gasteiger partial charge in [-0.25, -0.2) is 4.98 Å². The second kappa shape index (κ2) is 2.58. The zero-order chi connectivity index (χ0) is 8.84. The number of hydrogen-bond acceptors (Lipinski definition) is 1. The van der Waals surface area contributed by atoms with E-state index in [1.54, 1.807) is 0 Å². The van der Waals surface area contributed by atoms with E-state index in [0.717, 1.165) is 16.5 Å². The number of halogens is 1. The fraction of sp³-hybridized carbons (Fsp3) is 0.300. The molecule has 0 N–H and O–H groups in total. The van der Waals surface area contributed by atoms with Crippen LogP contribution in [-0.2, 0) is 12.8 Å². The summed E-state index contributed by atoms with van der Waals surface area (Å²) in [5.41, 5.74) is 3.75. The molecule has 0 atom stereocenters. The lowest BCUT2D eigenvalue weighted by Crippen LogP contribution is -1.89. The van der Waals surface area contributed by atoms with Gasteiger partial charge in [0, 0.05) is 11.9 Å². The molecule has 3 heteroatoms. The molecule has 0 amide bonds. The summed E-state index contributed by atoms with van der Waals surface area (Å²) in [6, 6.07) is 4.09. The van der Waals surface area contributed by atoms with Gasteiger partial charge in [0.15, 0.2) is 5.65 Å². The Morgan fingerprint density at radius 3 is 3.23 bits per heavy atom. The third-order valence-corrected chi connectivity index (χ3v) is 3.23. The Labute approximate surface area is 84.7 Å². The Morgan fingerprint density at radius 1 is 1.38 bits per heavy atom. The van der Waals surface area contributed by atoms with Crippen molar-refractivity contribution in [1.82, 2.24) is 9.38 Å². The normalized spacial score (nSPS) is 15.2. The molecule has 0 radical (unpaired) electrons. The largest absolute Gasteiger partial charge is 0.303 e. The molecule has 1 aliphatic carbocycles. The Balaban J connectivity index is 2.44. The fourth-order valence-corrected chi connectivity index (χ4v) is 2.45. The first-order valence-corrected chi connectivity index (χ1v) is 5.30. The molecule has 0 saturated carbocycles. The monoisotopic (exact) mass is 236 g/mol. The summed E-state index contributed by atoms with van der Waals surface area (Å²) in [6.07, 6.45) is 5.67. The number of aryl methyl sites for hydroxylation is 2. The summed E-state index contributed by atoms with van der Waals surface area (Å²) in [7, 11) is 0. The zero-order valence-corrected chi connectivity index (χ0v) is 8.71. The molecule has 0 aliphatic heterocycles. The molecule has 0 saturated heterocycles. The van der Waals surface area contributed by atoms with Gasteiger partial charge in [-0.15, -0.1) is 0 Å². The van der Waals surface area contributed by atoms with Gasteiger partial charge in [-0.05, 0) is 47.3 Å². The predicted molar refractivity (Wildman–Crippen MR) is 54.9 cm³/mol. The van der Waals surface area contributed by atoms with E-state index in [1.807, 2.05) is 6.07 Å². The SMILES string of the molecule is Brc1cccn2c3c(nc12)CCC3. The van der Waals surface area contributed by atoms with E-state index in [-0.39, 0.29) is 0 Å². The number of aromatic nitrogens is 2. The van der Waals surface area contributed by atoms with Crippen molar-refractivity contribution in [2.75, 3.05) is 0 Å². The van der Waals surface area contributed by atoms with Gasteiger partial charge in [-0.3, -0.25) is 0 Å². The van der Waals surface area contributed by atoms with Gasteiger partial charge in [0.2, 0.25) is 0 Å². The molecule has 66 valence electrons. The van der Waals surface area contributed by atoms with Crippen LogP contribution < -0.4 is 0 Å². The van der Waals surface area contributed by atoms with Crippen LogP contribution in [0.1, 0.15) is 17.8 Å².